The van der Waals surface area contributed by atoms with Crippen LogP contribution in [0.2, 0.25) is 5.02 Å². The molecule has 0 aliphatic heterocycles. The maximum Gasteiger partial charge on any atom is 0.0431 e. The zero-order valence-corrected chi connectivity index (χ0v) is 8.93. The summed E-state index contributed by atoms with van der Waals surface area (Å²) in [6.45, 7) is 2.05. The van der Waals surface area contributed by atoms with Crippen molar-refractivity contribution in [2.45, 2.75) is 19.4 Å². The van der Waals surface area contributed by atoms with Gasteiger partial charge >= 0.3 is 0 Å². The highest BCUT2D eigenvalue weighted by atomic mass is 35.5. The Labute approximate surface area is 89.9 Å². The summed E-state index contributed by atoms with van der Waals surface area (Å²) in [6, 6.07) is 7.83. The molecule has 1 rings (SSSR count). The van der Waals surface area contributed by atoms with Gasteiger partial charge in [-0.15, -0.1) is 0 Å². The lowest BCUT2D eigenvalue weighted by atomic mass is 10.2. The van der Waals surface area contributed by atoms with E-state index in [1.54, 1.807) is 0 Å². The van der Waals surface area contributed by atoms with Crippen molar-refractivity contribution >= 4 is 11.6 Å². The van der Waals surface area contributed by atoms with Crippen molar-refractivity contribution in [3.8, 4) is 0 Å². The van der Waals surface area contributed by atoms with Crippen LogP contribution in [0, 0.1) is 0 Å². The minimum atomic E-state index is 0.277. The quantitative estimate of drug-likeness (QED) is 0.711. The van der Waals surface area contributed by atoms with Gasteiger partial charge in [0.05, 0.1) is 0 Å². The van der Waals surface area contributed by atoms with Gasteiger partial charge in [-0.25, -0.2) is 0 Å². The third kappa shape index (κ3) is 4.61. The number of aliphatic hydroxyl groups is 1. The van der Waals surface area contributed by atoms with Crippen LogP contribution in [0.25, 0.3) is 0 Å². The van der Waals surface area contributed by atoms with Gasteiger partial charge in [-0.05, 0) is 37.1 Å². The van der Waals surface area contributed by atoms with Crippen LogP contribution in [-0.4, -0.2) is 18.3 Å². The van der Waals surface area contributed by atoms with Crippen LogP contribution >= 0.6 is 11.6 Å². The van der Waals surface area contributed by atoms with E-state index in [9.17, 15) is 0 Å². The zero-order chi connectivity index (χ0) is 10.2. The van der Waals surface area contributed by atoms with Crippen molar-refractivity contribution in [1.29, 1.82) is 0 Å². The van der Waals surface area contributed by atoms with Crippen molar-refractivity contribution < 1.29 is 5.11 Å². The molecular formula is C11H16ClNO. The minimum absolute atomic E-state index is 0.277. The monoisotopic (exact) mass is 213 g/mol. The van der Waals surface area contributed by atoms with Gasteiger partial charge in [-0.2, -0.15) is 0 Å². The van der Waals surface area contributed by atoms with E-state index in [-0.39, 0.29) is 6.61 Å². The Morgan fingerprint density at radius 1 is 1.29 bits per heavy atom. The summed E-state index contributed by atoms with van der Waals surface area (Å²) >= 11 is 5.85. The second-order valence-corrected chi connectivity index (χ2v) is 3.67. The first kappa shape index (κ1) is 11.5. The Hall–Kier alpha value is -0.570. The van der Waals surface area contributed by atoms with E-state index in [0.29, 0.717) is 0 Å². The van der Waals surface area contributed by atoms with E-state index in [1.165, 1.54) is 5.56 Å². The molecule has 0 saturated carbocycles. The molecule has 78 valence electrons. The third-order valence-corrected chi connectivity index (χ3v) is 2.21. The topological polar surface area (TPSA) is 32.3 Å². The Morgan fingerprint density at radius 2 is 2.14 bits per heavy atom. The predicted octanol–water partition coefficient (Wildman–Crippen LogP) is 2.20. The number of halogens is 1. The molecule has 3 heteroatoms. The summed E-state index contributed by atoms with van der Waals surface area (Å²) in [4.78, 5) is 0. The Kier molecular flexibility index (Phi) is 5.60. The molecule has 0 atom stereocenters. The summed E-state index contributed by atoms with van der Waals surface area (Å²) in [5.41, 5.74) is 1.20. The lowest BCUT2D eigenvalue weighted by molar-refractivity contribution is 0.283. The van der Waals surface area contributed by atoms with Crippen LogP contribution < -0.4 is 5.32 Å². The standard InChI is InChI=1S/C11H16ClNO/c12-11-5-3-4-10(8-11)9-13-6-1-2-7-14/h3-5,8,13-14H,1-2,6-7,9H2. The average Bonchev–Trinajstić information content (AvgIpc) is 2.18. The SMILES string of the molecule is OCCCCNCc1cccc(Cl)c1. The van der Waals surface area contributed by atoms with Crippen molar-refractivity contribution in [3.63, 3.8) is 0 Å². The second-order valence-electron chi connectivity index (χ2n) is 3.24. The van der Waals surface area contributed by atoms with Crippen molar-refractivity contribution in [2.24, 2.45) is 0 Å². The Balaban J connectivity index is 2.18. The van der Waals surface area contributed by atoms with Gasteiger partial charge in [0.15, 0.2) is 0 Å². The fourth-order valence-corrected chi connectivity index (χ4v) is 1.45. The Bertz CT molecular complexity index is 265. The fraction of sp³-hybridized carbons (Fsp3) is 0.455. The fourth-order valence-electron chi connectivity index (χ4n) is 1.24. The molecule has 0 heterocycles. The van der Waals surface area contributed by atoms with E-state index in [0.717, 1.165) is 31.0 Å². The van der Waals surface area contributed by atoms with Gasteiger partial charge < -0.3 is 10.4 Å². The maximum atomic E-state index is 8.57. The van der Waals surface area contributed by atoms with E-state index in [4.69, 9.17) is 16.7 Å². The number of hydrogen-bond acceptors (Lipinski definition) is 2. The van der Waals surface area contributed by atoms with Gasteiger partial charge in [0.25, 0.3) is 0 Å². The van der Waals surface area contributed by atoms with Gasteiger partial charge in [-0.1, -0.05) is 23.7 Å². The molecule has 0 fully saturated rings. The lowest BCUT2D eigenvalue weighted by Gasteiger charge is -2.04. The second kappa shape index (κ2) is 6.82. The molecule has 0 amide bonds. The van der Waals surface area contributed by atoms with Gasteiger partial charge in [0.1, 0.15) is 0 Å². The predicted molar refractivity (Wildman–Crippen MR) is 59.5 cm³/mol. The summed E-state index contributed by atoms with van der Waals surface area (Å²) in [5.74, 6) is 0. The smallest absolute Gasteiger partial charge is 0.0431 e. The van der Waals surface area contributed by atoms with Gasteiger partial charge in [0.2, 0.25) is 0 Å². The third-order valence-electron chi connectivity index (χ3n) is 1.98. The molecule has 2 nitrogen and oxygen atoms in total. The summed E-state index contributed by atoms with van der Waals surface area (Å²) in [6.07, 6.45) is 1.87. The largest absolute Gasteiger partial charge is 0.396 e. The number of benzene rings is 1. The molecule has 1 aromatic carbocycles. The molecule has 0 spiro atoms. The maximum absolute atomic E-state index is 8.57. The molecule has 0 unspecified atom stereocenters. The summed E-state index contributed by atoms with van der Waals surface area (Å²) < 4.78 is 0. The molecule has 1 aromatic rings. The first-order valence-corrected chi connectivity index (χ1v) is 5.27. The first-order chi connectivity index (χ1) is 6.83. The number of rotatable bonds is 6. The number of hydrogen-bond donors (Lipinski definition) is 2. The lowest BCUT2D eigenvalue weighted by Crippen LogP contribution is -2.14. The normalized spacial score (nSPS) is 10.4. The molecule has 0 aromatic heterocycles. The van der Waals surface area contributed by atoms with Crippen LogP contribution in [0.5, 0.6) is 0 Å². The highest BCUT2D eigenvalue weighted by Gasteiger charge is 1.93. The van der Waals surface area contributed by atoms with Crippen LogP contribution in [0.4, 0.5) is 0 Å². The van der Waals surface area contributed by atoms with Gasteiger partial charge in [0, 0.05) is 18.2 Å². The minimum Gasteiger partial charge on any atom is -0.396 e. The zero-order valence-electron chi connectivity index (χ0n) is 8.17. The highest BCUT2D eigenvalue weighted by Crippen LogP contribution is 2.10. The number of aliphatic hydroxyl groups excluding tert-OH is 1. The Morgan fingerprint density at radius 3 is 2.86 bits per heavy atom. The van der Waals surface area contributed by atoms with Crippen LogP contribution in [-0.2, 0) is 6.54 Å². The number of nitrogens with one attached hydrogen (secondary N) is 1. The van der Waals surface area contributed by atoms with Crippen molar-refractivity contribution in [3.05, 3.63) is 34.9 Å². The van der Waals surface area contributed by atoms with Gasteiger partial charge in [-0.3, -0.25) is 0 Å². The molecule has 2 N–H and O–H groups in total. The van der Waals surface area contributed by atoms with Crippen molar-refractivity contribution in [2.75, 3.05) is 13.2 Å². The molecule has 0 aliphatic rings. The van der Waals surface area contributed by atoms with E-state index >= 15 is 0 Å². The highest BCUT2D eigenvalue weighted by molar-refractivity contribution is 6.30. The van der Waals surface area contributed by atoms with Crippen LogP contribution in [0.15, 0.2) is 24.3 Å². The molecule has 0 bridgehead atoms. The van der Waals surface area contributed by atoms with Crippen LogP contribution in [0.3, 0.4) is 0 Å². The van der Waals surface area contributed by atoms with E-state index in [2.05, 4.69) is 5.32 Å². The van der Waals surface area contributed by atoms with E-state index < -0.39 is 0 Å². The molecule has 0 aliphatic carbocycles. The van der Waals surface area contributed by atoms with Crippen LogP contribution in [0.1, 0.15) is 18.4 Å². The molecular weight excluding hydrogens is 198 g/mol. The van der Waals surface area contributed by atoms with Crippen molar-refractivity contribution in [1.82, 2.24) is 5.32 Å². The first-order valence-electron chi connectivity index (χ1n) is 4.89. The summed E-state index contributed by atoms with van der Waals surface area (Å²) in [5, 5.41) is 12.6. The average molecular weight is 214 g/mol. The summed E-state index contributed by atoms with van der Waals surface area (Å²) in [7, 11) is 0. The molecule has 0 radical (unpaired) electrons. The molecule has 0 saturated heterocycles. The molecule has 14 heavy (non-hydrogen) atoms. The van der Waals surface area contributed by atoms with E-state index in [1.807, 2.05) is 24.3 Å². The number of unbranched alkanes of at least 4 members (excludes halogenated alkanes) is 1.